The van der Waals surface area contributed by atoms with Crippen molar-refractivity contribution in [1.29, 1.82) is 0 Å². The number of para-hydroxylation sites is 1. The van der Waals surface area contributed by atoms with Crippen LogP contribution in [0.25, 0.3) is 0 Å². The van der Waals surface area contributed by atoms with Crippen molar-refractivity contribution in [2.75, 3.05) is 37.6 Å². The van der Waals surface area contributed by atoms with Crippen molar-refractivity contribution in [1.82, 2.24) is 20.0 Å². The van der Waals surface area contributed by atoms with Crippen molar-refractivity contribution in [3.63, 3.8) is 0 Å². The number of aromatic nitrogens is 2. The number of benzene rings is 1. The van der Waals surface area contributed by atoms with Gasteiger partial charge in [0.2, 0.25) is 11.8 Å². The third kappa shape index (κ3) is 4.47. The van der Waals surface area contributed by atoms with Crippen molar-refractivity contribution in [2.24, 2.45) is 0 Å². The van der Waals surface area contributed by atoms with E-state index in [9.17, 15) is 9.59 Å². The highest BCUT2D eigenvalue weighted by Gasteiger charge is 2.33. The van der Waals surface area contributed by atoms with E-state index in [1.807, 2.05) is 43.3 Å². The minimum atomic E-state index is -0.121. The normalized spacial score (nSPS) is 19.6. The summed E-state index contributed by atoms with van der Waals surface area (Å²) in [6.45, 7) is 4.29. The first-order valence-electron chi connectivity index (χ1n) is 9.96. The lowest BCUT2D eigenvalue weighted by molar-refractivity contribution is -0.134. The first kappa shape index (κ1) is 19.2. The van der Waals surface area contributed by atoms with E-state index < -0.39 is 0 Å². The van der Waals surface area contributed by atoms with E-state index in [0.717, 1.165) is 24.2 Å². The Morgan fingerprint density at radius 1 is 1.10 bits per heavy atom. The van der Waals surface area contributed by atoms with Gasteiger partial charge in [-0.25, -0.2) is 4.79 Å². The molecule has 29 heavy (non-hydrogen) atoms. The van der Waals surface area contributed by atoms with Gasteiger partial charge in [-0.3, -0.25) is 9.69 Å². The van der Waals surface area contributed by atoms with Crippen LogP contribution >= 0.6 is 0 Å². The molecule has 3 heterocycles. The number of ether oxygens (including phenoxy) is 1. The molecule has 0 bridgehead atoms. The lowest BCUT2D eigenvalue weighted by Gasteiger charge is -2.33. The zero-order valence-electron chi connectivity index (χ0n) is 16.5. The fourth-order valence-electron chi connectivity index (χ4n) is 3.72. The van der Waals surface area contributed by atoms with Crippen LogP contribution in [-0.2, 0) is 4.79 Å². The standard InChI is InChI=1S/C21H25N5O3/c1-16-9-10-19(23-22-16)29-18-8-5-11-24(14-18)20(27)15-25-12-13-26(21(25)28)17-6-3-2-4-7-17/h2-4,6-7,9-10,18H,5,8,11-15H2,1H3. The lowest BCUT2D eigenvalue weighted by Crippen LogP contribution is -2.48. The zero-order valence-corrected chi connectivity index (χ0v) is 16.5. The van der Waals surface area contributed by atoms with Gasteiger partial charge in [0.15, 0.2) is 0 Å². The molecule has 1 aromatic heterocycles. The predicted molar refractivity (Wildman–Crippen MR) is 108 cm³/mol. The van der Waals surface area contributed by atoms with Crippen molar-refractivity contribution in [3.8, 4) is 5.88 Å². The number of amides is 3. The van der Waals surface area contributed by atoms with Gasteiger partial charge in [-0.2, -0.15) is 5.10 Å². The number of carbonyl (C=O) groups is 2. The second-order valence-corrected chi connectivity index (χ2v) is 7.43. The summed E-state index contributed by atoms with van der Waals surface area (Å²) < 4.78 is 5.90. The summed E-state index contributed by atoms with van der Waals surface area (Å²) in [5, 5.41) is 8.04. The monoisotopic (exact) mass is 395 g/mol. The summed E-state index contributed by atoms with van der Waals surface area (Å²) in [5.74, 6) is 0.430. The maximum Gasteiger partial charge on any atom is 0.325 e. The molecule has 2 aromatic rings. The highest BCUT2D eigenvalue weighted by Crippen LogP contribution is 2.21. The lowest BCUT2D eigenvalue weighted by atomic mass is 10.1. The Bertz CT molecular complexity index is 858. The van der Waals surface area contributed by atoms with Gasteiger partial charge < -0.3 is 14.5 Å². The van der Waals surface area contributed by atoms with Crippen LogP contribution in [0, 0.1) is 6.92 Å². The van der Waals surface area contributed by atoms with E-state index in [4.69, 9.17) is 4.74 Å². The quantitative estimate of drug-likeness (QED) is 0.775. The Morgan fingerprint density at radius 3 is 2.69 bits per heavy atom. The van der Waals surface area contributed by atoms with Crippen LogP contribution in [0.15, 0.2) is 42.5 Å². The molecule has 0 aliphatic carbocycles. The molecule has 2 fully saturated rings. The fourth-order valence-corrected chi connectivity index (χ4v) is 3.72. The van der Waals surface area contributed by atoms with E-state index >= 15 is 0 Å². The molecular formula is C21H25N5O3. The predicted octanol–water partition coefficient (Wildman–Crippen LogP) is 2.10. The van der Waals surface area contributed by atoms with Gasteiger partial charge >= 0.3 is 6.03 Å². The number of hydrogen-bond acceptors (Lipinski definition) is 5. The summed E-state index contributed by atoms with van der Waals surface area (Å²) in [6, 6.07) is 13.1. The fraction of sp³-hybridized carbons (Fsp3) is 0.429. The van der Waals surface area contributed by atoms with Crippen molar-refractivity contribution >= 4 is 17.6 Å². The Kier molecular flexibility index (Phi) is 5.59. The number of carbonyl (C=O) groups excluding carboxylic acids is 2. The van der Waals surface area contributed by atoms with Crippen LogP contribution < -0.4 is 9.64 Å². The molecule has 1 aromatic carbocycles. The maximum atomic E-state index is 12.8. The Morgan fingerprint density at radius 2 is 1.93 bits per heavy atom. The Balaban J connectivity index is 1.32. The summed E-state index contributed by atoms with van der Waals surface area (Å²) >= 11 is 0. The molecular weight excluding hydrogens is 370 g/mol. The molecule has 0 saturated carbocycles. The number of aryl methyl sites for hydroxylation is 1. The molecule has 8 nitrogen and oxygen atoms in total. The molecule has 8 heteroatoms. The molecule has 2 aliphatic heterocycles. The van der Waals surface area contributed by atoms with E-state index in [0.29, 0.717) is 32.1 Å². The SMILES string of the molecule is Cc1ccc(OC2CCCN(C(=O)CN3CCN(c4ccccc4)C3=O)C2)nn1. The topological polar surface area (TPSA) is 78.9 Å². The van der Waals surface area contributed by atoms with Gasteiger partial charge in [0.05, 0.1) is 12.2 Å². The molecule has 3 amide bonds. The van der Waals surface area contributed by atoms with E-state index in [1.165, 1.54) is 0 Å². The van der Waals surface area contributed by atoms with E-state index in [1.54, 1.807) is 20.8 Å². The minimum Gasteiger partial charge on any atom is -0.471 e. The summed E-state index contributed by atoms with van der Waals surface area (Å²) in [4.78, 5) is 30.6. The maximum absolute atomic E-state index is 12.8. The molecule has 0 spiro atoms. The Hall–Kier alpha value is -3.16. The van der Waals surface area contributed by atoms with Gasteiger partial charge in [-0.05, 0) is 38.0 Å². The van der Waals surface area contributed by atoms with Gasteiger partial charge in [-0.1, -0.05) is 18.2 Å². The van der Waals surface area contributed by atoms with E-state index in [2.05, 4.69) is 10.2 Å². The molecule has 152 valence electrons. The van der Waals surface area contributed by atoms with Gasteiger partial charge in [0, 0.05) is 31.4 Å². The van der Waals surface area contributed by atoms with E-state index in [-0.39, 0.29) is 24.6 Å². The van der Waals surface area contributed by atoms with Gasteiger partial charge in [-0.15, -0.1) is 5.10 Å². The summed E-state index contributed by atoms with van der Waals surface area (Å²) in [5.41, 5.74) is 1.69. The van der Waals surface area contributed by atoms with Crippen LogP contribution in [0.4, 0.5) is 10.5 Å². The summed E-state index contributed by atoms with van der Waals surface area (Å²) in [7, 11) is 0. The number of anilines is 1. The largest absolute Gasteiger partial charge is 0.471 e. The first-order chi connectivity index (χ1) is 14.1. The van der Waals surface area contributed by atoms with Gasteiger partial charge in [0.1, 0.15) is 12.6 Å². The molecule has 4 rings (SSSR count). The average Bonchev–Trinajstić information content (AvgIpc) is 3.11. The molecule has 1 unspecified atom stereocenters. The van der Waals surface area contributed by atoms with Gasteiger partial charge in [0.25, 0.3) is 0 Å². The van der Waals surface area contributed by atoms with Crippen LogP contribution in [0.5, 0.6) is 5.88 Å². The second kappa shape index (κ2) is 8.46. The summed E-state index contributed by atoms with van der Waals surface area (Å²) in [6.07, 6.45) is 1.61. The van der Waals surface area contributed by atoms with Crippen molar-refractivity contribution in [3.05, 3.63) is 48.2 Å². The van der Waals surface area contributed by atoms with Crippen LogP contribution in [0.3, 0.4) is 0 Å². The Labute approximate surface area is 170 Å². The second-order valence-electron chi connectivity index (χ2n) is 7.43. The van der Waals surface area contributed by atoms with Crippen LogP contribution in [0.1, 0.15) is 18.5 Å². The smallest absolute Gasteiger partial charge is 0.325 e. The highest BCUT2D eigenvalue weighted by molar-refractivity contribution is 5.96. The molecule has 1 atom stereocenters. The van der Waals surface area contributed by atoms with Crippen molar-refractivity contribution in [2.45, 2.75) is 25.9 Å². The number of nitrogens with zero attached hydrogens (tertiary/aromatic N) is 5. The van der Waals surface area contributed by atoms with Crippen molar-refractivity contribution < 1.29 is 14.3 Å². The number of hydrogen-bond donors (Lipinski definition) is 0. The molecule has 2 aliphatic rings. The number of urea groups is 1. The molecule has 2 saturated heterocycles. The zero-order chi connectivity index (χ0) is 20.2. The first-order valence-corrected chi connectivity index (χ1v) is 9.96. The molecule has 0 radical (unpaired) electrons. The number of likely N-dealkylation sites (tertiary alicyclic amines) is 1. The minimum absolute atomic E-state index is 0.0449. The van der Waals surface area contributed by atoms with Crippen LogP contribution in [-0.4, -0.2) is 70.8 Å². The number of piperidine rings is 1. The molecule has 0 N–H and O–H groups in total. The van der Waals surface area contributed by atoms with Crippen LogP contribution in [0.2, 0.25) is 0 Å². The highest BCUT2D eigenvalue weighted by atomic mass is 16.5. The number of rotatable bonds is 5. The third-order valence-corrected chi connectivity index (χ3v) is 5.28. The third-order valence-electron chi connectivity index (χ3n) is 5.28. The average molecular weight is 395 g/mol.